The highest BCUT2D eigenvalue weighted by atomic mass is 32.2. The van der Waals surface area contributed by atoms with E-state index in [1.165, 1.54) is 4.90 Å². The van der Waals surface area contributed by atoms with Crippen molar-refractivity contribution in [3.8, 4) is 0 Å². The van der Waals surface area contributed by atoms with E-state index in [9.17, 15) is 14.4 Å². The van der Waals surface area contributed by atoms with Crippen molar-refractivity contribution in [3.05, 3.63) is 54.1 Å². The molecule has 2 amide bonds. The molecular formula is C19H18N2O4S. The van der Waals surface area contributed by atoms with Gasteiger partial charge in [-0.1, -0.05) is 18.2 Å². The zero-order valence-corrected chi connectivity index (χ0v) is 15.0. The van der Waals surface area contributed by atoms with E-state index < -0.39 is 5.97 Å². The van der Waals surface area contributed by atoms with Crippen LogP contribution in [0.25, 0.3) is 0 Å². The van der Waals surface area contributed by atoms with Gasteiger partial charge >= 0.3 is 5.97 Å². The Bertz CT molecular complexity index is 839. The van der Waals surface area contributed by atoms with Crippen molar-refractivity contribution >= 4 is 40.9 Å². The Morgan fingerprint density at radius 2 is 1.96 bits per heavy atom. The van der Waals surface area contributed by atoms with Crippen LogP contribution in [0.2, 0.25) is 0 Å². The Morgan fingerprint density at radius 3 is 2.73 bits per heavy atom. The lowest BCUT2D eigenvalue weighted by Gasteiger charge is -2.17. The molecule has 0 radical (unpaired) electrons. The molecule has 0 aliphatic carbocycles. The van der Waals surface area contributed by atoms with Gasteiger partial charge in [0, 0.05) is 29.8 Å². The van der Waals surface area contributed by atoms with Crippen molar-refractivity contribution in [2.45, 2.75) is 11.3 Å². The number of carbonyl (C=O) groups excluding carboxylic acids is 3. The highest BCUT2D eigenvalue weighted by Gasteiger charge is 2.18. The minimum atomic E-state index is -0.605. The van der Waals surface area contributed by atoms with Crippen LogP contribution in [0.15, 0.2) is 53.4 Å². The van der Waals surface area contributed by atoms with E-state index in [4.69, 9.17) is 4.74 Å². The quantitative estimate of drug-likeness (QED) is 0.838. The summed E-state index contributed by atoms with van der Waals surface area (Å²) in [4.78, 5) is 38.4. The molecule has 2 aromatic carbocycles. The summed E-state index contributed by atoms with van der Waals surface area (Å²) in [6.07, 6.45) is 0.430. The Hall–Kier alpha value is -2.80. The molecule has 1 aliphatic heterocycles. The van der Waals surface area contributed by atoms with Crippen molar-refractivity contribution in [2.75, 3.05) is 29.6 Å². The maximum absolute atomic E-state index is 12.2. The van der Waals surface area contributed by atoms with Gasteiger partial charge in [-0.15, -0.1) is 11.8 Å². The van der Waals surface area contributed by atoms with Crippen LogP contribution >= 0.6 is 11.8 Å². The first-order valence-corrected chi connectivity index (χ1v) is 9.08. The number of hydrogen-bond acceptors (Lipinski definition) is 5. The van der Waals surface area contributed by atoms with Gasteiger partial charge in [0.1, 0.15) is 0 Å². The normalized spacial score (nSPS) is 13.2. The Morgan fingerprint density at radius 1 is 1.19 bits per heavy atom. The van der Waals surface area contributed by atoms with E-state index >= 15 is 0 Å². The maximum Gasteiger partial charge on any atom is 0.338 e. The standard InChI is InChI=1S/C19H18N2O4S/c1-21(14-5-3-2-4-6-14)18(23)12-25-19(24)13-7-8-16-15(11-13)20-17(22)9-10-26-16/h2-8,11H,9-10,12H2,1H3,(H,20,22). The third-order valence-electron chi connectivity index (χ3n) is 3.92. The lowest BCUT2D eigenvalue weighted by molar-refractivity contribution is -0.121. The summed E-state index contributed by atoms with van der Waals surface area (Å²) in [5.74, 6) is -0.320. The lowest BCUT2D eigenvalue weighted by atomic mass is 10.2. The van der Waals surface area contributed by atoms with Crippen molar-refractivity contribution in [2.24, 2.45) is 0 Å². The minimum absolute atomic E-state index is 0.0820. The number of carbonyl (C=O) groups is 3. The highest BCUT2D eigenvalue weighted by Crippen LogP contribution is 2.31. The molecule has 0 bridgehead atoms. The Labute approximate surface area is 155 Å². The van der Waals surface area contributed by atoms with Crippen molar-refractivity contribution in [1.29, 1.82) is 0 Å². The lowest BCUT2D eigenvalue weighted by Crippen LogP contribution is -2.31. The topological polar surface area (TPSA) is 75.7 Å². The van der Waals surface area contributed by atoms with E-state index in [-0.39, 0.29) is 18.4 Å². The maximum atomic E-state index is 12.2. The Kier molecular flexibility index (Phi) is 5.58. The summed E-state index contributed by atoms with van der Waals surface area (Å²) < 4.78 is 5.13. The van der Waals surface area contributed by atoms with Gasteiger partial charge in [0.2, 0.25) is 5.91 Å². The van der Waals surface area contributed by atoms with E-state index in [0.717, 1.165) is 10.6 Å². The van der Waals surface area contributed by atoms with Crippen molar-refractivity contribution < 1.29 is 19.1 Å². The average molecular weight is 370 g/mol. The number of ether oxygens (including phenoxy) is 1. The van der Waals surface area contributed by atoms with E-state index in [1.807, 2.05) is 18.2 Å². The van der Waals surface area contributed by atoms with Gasteiger partial charge in [0.05, 0.1) is 11.3 Å². The van der Waals surface area contributed by atoms with Gasteiger partial charge in [0.25, 0.3) is 5.91 Å². The van der Waals surface area contributed by atoms with Crippen LogP contribution in [0.3, 0.4) is 0 Å². The number of para-hydroxylation sites is 1. The van der Waals surface area contributed by atoms with Crippen molar-refractivity contribution in [3.63, 3.8) is 0 Å². The van der Waals surface area contributed by atoms with Crippen molar-refractivity contribution in [1.82, 2.24) is 0 Å². The van der Waals surface area contributed by atoms with Gasteiger partial charge in [-0.2, -0.15) is 0 Å². The number of amides is 2. The van der Waals surface area contributed by atoms with E-state index in [0.29, 0.717) is 23.4 Å². The molecule has 1 heterocycles. The predicted octanol–water partition coefficient (Wildman–Crippen LogP) is 2.94. The molecule has 0 saturated heterocycles. The van der Waals surface area contributed by atoms with Gasteiger partial charge in [-0.05, 0) is 30.3 Å². The molecule has 0 spiro atoms. The zero-order chi connectivity index (χ0) is 18.5. The largest absolute Gasteiger partial charge is 0.452 e. The summed E-state index contributed by atoms with van der Waals surface area (Å²) in [6.45, 7) is -0.359. The molecular weight excluding hydrogens is 352 g/mol. The van der Waals surface area contributed by atoms with Crippen LogP contribution < -0.4 is 10.2 Å². The fraction of sp³-hybridized carbons (Fsp3) is 0.211. The van der Waals surface area contributed by atoms with E-state index in [2.05, 4.69) is 5.32 Å². The molecule has 134 valence electrons. The summed E-state index contributed by atoms with van der Waals surface area (Å²) in [5.41, 5.74) is 1.61. The monoisotopic (exact) mass is 370 g/mol. The number of hydrogen-bond donors (Lipinski definition) is 1. The second-order valence-electron chi connectivity index (χ2n) is 5.72. The average Bonchev–Trinajstić information content (AvgIpc) is 2.85. The number of anilines is 2. The van der Waals surface area contributed by atoms with Gasteiger partial charge in [-0.3, -0.25) is 9.59 Å². The predicted molar refractivity (Wildman–Crippen MR) is 101 cm³/mol. The van der Waals surface area contributed by atoms with Crippen LogP contribution in [-0.4, -0.2) is 37.2 Å². The third kappa shape index (κ3) is 4.23. The molecule has 26 heavy (non-hydrogen) atoms. The fourth-order valence-corrected chi connectivity index (χ4v) is 3.39. The molecule has 6 nitrogen and oxygen atoms in total. The first kappa shape index (κ1) is 18.0. The summed E-state index contributed by atoms with van der Waals surface area (Å²) in [6, 6.07) is 14.1. The summed E-state index contributed by atoms with van der Waals surface area (Å²) in [5, 5.41) is 2.78. The van der Waals surface area contributed by atoms with Gasteiger partial charge in [0.15, 0.2) is 6.61 Å². The number of likely N-dealkylation sites (N-methyl/N-ethyl adjacent to an activating group) is 1. The number of thioether (sulfide) groups is 1. The summed E-state index contributed by atoms with van der Waals surface area (Å²) in [7, 11) is 1.63. The Balaban J connectivity index is 1.63. The number of nitrogens with one attached hydrogen (secondary N) is 1. The zero-order valence-electron chi connectivity index (χ0n) is 14.2. The molecule has 0 fully saturated rings. The second-order valence-corrected chi connectivity index (χ2v) is 6.86. The molecule has 0 unspecified atom stereocenters. The number of fused-ring (bicyclic) bond motifs is 1. The van der Waals surface area contributed by atoms with Crippen LogP contribution in [0.1, 0.15) is 16.8 Å². The van der Waals surface area contributed by atoms with Crippen LogP contribution in [-0.2, 0) is 14.3 Å². The first-order chi connectivity index (χ1) is 12.5. The molecule has 0 atom stereocenters. The summed E-state index contributed by atoms with van der Waals surface area (Å²) >= 11 is 1.56. The number of esters is 1. The molecule has 1 aliphatic rings. The van der Waals surface area contributed by atoms with Crippen LogP contribution in [0.4, 0.5) is 11.4 Å². The molecule has 2 aromatic rings. The first-order valence-electron chi connectivity index (χ1n) is 8.10. The number of nitrogens with zero attached hydrogens (tertiary/aromatic N) is 1. The number of benzene rings is 2. The third-order valence-corrected chi connectivity index (χ3v) is 5.00. The molecule has 1 N–H and O–H groups in total. The molecule has 0 aromatic heterocycles. The number of rotatable bonds is 4. The highest BCUT2D eigenvalue weighted by molar-refractivity contribution is 7.99. The molecule has 7 heteroatoms. The van der Waals surface area contributed by atoms with Crippen LogP contribution in [0.5, 0.6) is 0 Å². The SMILES string of the molecule is CN(C(=O)COC(=O)c1ccc2c(c1)NC(=O)CCS2)c1ccccc1. The second kappa shape index (κ2) is 8.05. The van der Waals surface area contributed by atoms with Gasteiger partial charge < -0.3 is 15.0 Å². The smallest absolute Gasteiger partial charge is 0.338 e. The van der Waals surface area contributed by atoms with Gasteiger partial charge in [-0.25, -0.2) is 4.79 Å². The van der Waals surface area contributed by atoms with Crippen LogP contribution in [0, 0.1) is 0 Å². The molecule has 0 saturated carbocycles. The fourth-order valence-electron chi connectivity index (χ4n) is 2.45. The molecule has 3 rings (SSSR count). The minimum Gasteiger partial charge on any atom is -0.452 e. The van der Waals surface area contributed by atoms with E-state index in [1.54, 1.807) is 49.1 Å².